The Balaban J connectivity index is 2.25. The van der Waals surface area contributed by atoms with Crippen LogP contribution in [0.1, 0.15) is 12.5 Å². The van der Waals surface area contributed by atoms with Gasteiger partial charge >= 0.3 is 5.97 Å². The monoisotopic (exact) mass is 189 g/mol. The van der Waals surface area contributed by atoms with Gasteiger partial charge in [-0.1, -0.05) is 30.3 Å². The smallest absolute Gasteiger partial charge is 0.330 e. The highest BCUT2D eigenvalue weighted by molar-refractivity contribution is 5.81. The van der Waals surface area contributed by atoms with E-state index < -0.39 is 0 Å². The highest BCUT2D eigenvalue weighted by Crippen LogP contribution is 1.99. The molecule has 1 aromatic rings. The van der Waals surface area contributed by atoms with Crippen molar-refractivity contribution in [3.8, 4) is 0 Å². The van der Waals surface area contributed by atoms with Crippen molar-refractivity contribution >= 4 is 5.97 Å². The first-order valence-electron chi connectivity index (χ1n) is 4.57. The Morgan fingerprint density at radius 2 is 2.21 bits per heavy atom. The Hall–Kier alpha value is -1.57. The third-order valence-corrected chi connectivity index (χ3v) is 1.73. The number of benzene rings is 1. The van der Waals surface area contributed by atoms with Crippen LogP contribution >= 0.6 is 0 Å². The van der Waals surface area contributed by atoms with Crippen LogP contribution in [-0.2, 0) is 16.0 Å². The Bertz CT molecular complexity index is 301. The summed E-state index contributed by atoms with van der Waals surface area (Å²) >= 11 is 0. The molecule has 1 aromatic carbocycles. The lowest BCUT2D eigenvalue weighted by Gasteiger charge is -2.01. The van der Waals surface area contributed by atoms with Crippen molar-refractivity contribution in [1.29, 1.82) is 0 Å². The highest BCUT2D eigenvalue weighted by Gasteiger charge is 1.96. The summed E-state index contributed by atoms with van der Waals surface area (Å²) in [5.74, 6) is -0.282. The van der Waals surface area contributed by atoms with Gasteiger partial charge in [0.05, 0.1) is 6.61 Å². The van der Waals surface area contributed by atoms with E-state index in [4.69, 9.17) is 4.74 Å². The average Bonchev–Trinajstić information content (AvgIpc) is 2.20. The zero-order valence-corrected chi connectivity index (χ0v) is 8.19. The fraction of sp³-hybridized carbons (Fsp3) is 0.250. The van der Waals surface area contributed by atoms with Crippen molar-refractivity contribution in [1.82, 2.24) is 0 Å². The summed E-state index contributed by atoms with van der Waals surface area (Å²) in [5, 5.41) is 0. The number of rotatable bonds is 4. The molecule has 0 amide bonds. The predicted octanol–water partition coefficient (Wildman–Crippen LogP) is 2.15. The maximum absolute atomic E-state index is 10.9. The zero-order valence-electron chi connectivity index (χ0n) is 8.19. The Kier molecular flexibility index (Phi) is 4.48. The van der Waals surface area contributed by atoms with E-state index in [2.05, 4.69) is 6.07 Å². The molecule has 0 aliphatic heterocycles. The molecule has 0 heterocycles. The number of carbonyl (C=O) groups excluding carboxylic acids is 1. The van der Waals surface area contributed by atoms with E-state index >= 15 is 0 Å². The normalized spacial score (nSPS) is 10.4. The molecule has 0 spiro atoms. The van der Waals surface area contributed by atoms with Crippen LogP contribution in [0.2, 0.25) is 0 Å². The van der Waals surface area contributed by atoms with Crippen LogP contribution in [0.5, 0.6) is 0 Å². The Labute approximate surface area is 84.2 Å². The number of ether oxygens (including phenoxy) is 1. The van der Waals surface area contributed by atoms with E-state index in [1.54, 1.807) is 13.0 Å². The van der Waals surface area contributed by atoms with Gasteiger partial charge in [-0.05, 0) is 18.6 Å². The first-order chi connectivity index (χ1) is 6.83. The molecule has 1 radical (unpaired) electrons. The predicted molar refractivity (Wildman–Crippen MR) is 54.8 cm³/mol. The molecular weight excluding hydrogens is 176 g/mol. The molecule has 0 fully saturated rings. The number of allylic oxidation sites excluding steroid dienone is 1. The minimum Gasteiger partial charge on any atom is -0.462 e. The second-order valence-electron chi connectivity index (χ2n) is 2.83. The summed E-state index contributed by atoms with van der Waals surface area (Å²) in [7, 11) is 0. The molecule has 14 heavy (non-hydrogen) atoms. The van der Waals surface area contributed by atoms with Crippen LogP contribution in [0.3, 0.4) is 0 Å². The second-order valence-corrected chi connectivity index (χ2v) is 2.83. The molecule has 0 saturated heterocycles. The molecule has 0 unspecified atom stereocenters. The fourth-order valence-corrected chi connectivity index (χ4v) is 1.04. The molecule has 0 atom stereocenters. The maximum atomic E-state index is 10.9. The van der Waals surface area contributed by atoms with E-state index in [1.807, 2.05) is 24.3 Å². The van der Waals surface area contributed by atoms with Gasteiger partial charge in [0.2, 0.25) is 0 Å². The average molecular weight is 189 g/mol. The van der Waals surface area contributed by atoms with Crippen LogP contribution < -0.4 is 0 Å². The molecule has 2 heteroatoms. The zero-order chi connectivity index (χ0) is 10.2. The van der Waals surface area contributed by atoms with Crippen molar-refractivity contribution in [3.63, 3.8) is 0 Å². The van der Waals surface area contributed by atoms with Crippen LogP contribution in [0.25, 0.3) is 0 Å². The van der Waals surface area contributed by atoms with Gasteiger partial charge in [0.25, 0.3) is 0 Å². The highest BCUT2D eigenvalue weighted by atomic mass is 16.5. The summed E-state index contributed by atoms with van der Waals surface area (Å²) in [6.45, 7) is 2.21. The lowest BCUT2D eigenvalue weighted by atomic mass is 10.2. The maximum Gasteiger partial charge on any atom is 0.330 e. The Morgan fingerprint density at radius 1 is 1.50 bits per heavy atom. The molecule has 0 N–H and O–H groups in total. The quantitative estimate of drug-likeness (QED) is 0.536. The van der Waals surface area contributed by atoms with Crippen molar-refractivity contribution in [2.45, 2.75) is 13.3 Å². The molecule has 0 bridgehead atoms. The summed E-state index contributed by atoms with van der Waals surface area (Å²) in [6.07, 6.45) is 3.83. The first kappa shape index (κ1) is 10.5. The SMILES string of the molecule is CC=CC(=O)OCCc1cc[c]cc1. The summed E-state index contributed by atoms with van der Waals surface area (Å²) < 4.78 is 4.95. The minimum absolute atomic E-state index is 0.282. The third-order valence-electron chi connectivity index (χ3n) is 1.73. The summed E-state index contributed by atoms with van der Waals surface area (Å²) in [4.78, 5) is 10.9. The van der Waals surface area contributed by atoms with Gasteiger partial charge < -0.3 is 4.74 Å². The van der Waals surface area contributed by atoms with Crippen molar-refractivity contribution < 1.29 is 9.53 Å². The van der Waals surface area contributed by atoms with Crippen molar-refractivity contribution in [2.24, 2.45) is 0 Å². The molecule has 2 nitrogen and oxygen atoms in total. The lowest BCUT2D eigenvalue weighted by molar-refractivity contribution is -0.137. The van der Waals surface area contributed by atoms with E-state index in [-0.39, 0.29) is 5.97 Å². The second kappa shape index (κ2) is 5.97. The van der Waals surface area contributed by atoms with E-state index in [0.717, 1.165) is 12.0 Å². The van der Waals surface area contributed by atoms with Gasteiger partial charge in [0.1, 0.15) is 0 Å². The summed E-state index contributed by atoms with van der Waals surface area (Å²) in [5.41, 5.74) is 1.15. The van der Waals surface area contributed by atoms with Gasteiger partial charge in [-0.25, -0.2) is 4.79 Å². The van der Waals surface area contributed by atoms with Gasteiger partial charge in [-0.3, -0.25) is 0 Å². The van der Waals surface area contributed by atoms with E-state index in [0.29, 0.717) is 6.61 Å². The van der Waals surface area contributed by atoms with Gasteiger partial charge in [-0.15, -0.1) is 0 Å². The molecule has 0 aliphatic carbocycles. The lowest BCUT2D eigenvalue weighted by Crippen LogP contribution is -2.04. The van der Waals surface area contributed by atoms with Crippen molar-refractivity contribution in [2.75, 3.05) is 6.61 Å². The molecule has 0 saturated carbocycles. The van der Waals surface area contributed by atoms with Crippen LogP contribution in [0.4, 0.5) is 0 Å². The fourth-order valence-electron chi connectivity index (χ4n) is 1.04. The van der Waals surface area contributed by atoms with Gasteiger partial charge in [-0.2, -0.15) is 0 Å². The number of esters is 1. The minimum atomic E-state index is -0.282. The largest absolute Gasteiger partial charge is 0.462 e. The van der Waals surface area contributed by atoms with Crippen LogP contribution in [-0.4, -0.2) is 12.6 Å². The first-order valence-corrected chi connectivity index (χ1v) is 4.57. The number of carbonyl (C=O) groups is 1. The van der Waals surface area contributed by atoms with E-state index in [1.165, 1.54) is 6.08 Å². The third kappa shape index (κ3) is 3.90. The molecule has 1 rings (SSSR count). The number of hydrogen-bond donors (Lipinski definition) is 0. The van der Waals surface area contributed by atoms with Gasteiger partial charge in [0, 0.05) is 12.5 Å². The molecule has 0 aliphatic rings. The standard InChI is InChI=1S/C12H13O2/c1-2-6-12(13)14-10-9-11-7-4-3-5-8-11/h2,4-8H,9-10H2,1H3. The molecule has 0 aromatic heterocycles. The van der Waals surface area contributed by atoms with Crippen molar-refractivity contribution in [3.05, 3.63) is 48.0 Å². The number of hydrogen-bond acceptors (Lipinski definition) is 2. The Morgan fingerprint density at radius 3 is 2.86 bits per heavy atom. The van der Waals surface area contributed by atoms with Gasteiger partial charge in [0.15, 0.2) is 0 Å². The van der Waals surface area contributed by atoms with Crippen LogP contribution in [0, 0.1) is 6.07 Å². The summed E-state index contributed by atoms with van der Waals surface area (Å²) in [6, 6.07) is 10.6. The molecule has 73 valence electrons. The van der Waals surface area contributed by atoms with Crippen LogP contribution in [0.15, 0.2) is 36.4 Å². The van der Waals surface area contributed by atoms with E-state index in [9.17, 15) is 4.79 Å². The molecular formula is C12H13O2. The topological polar surface area (TPSA) is 26.3 Å².